The number of fused-ring (bicyclic) bond motifs is 2. The van der Waals surface area contributed by atoms with Crippen LogP contribution >= 0.6 is 0 Å². The van der Waals surface area contributed by atoms with Crippen molar-refractivity contribution in [2.75, 3.05) is 31.9 Å². The molecular weight excluding hydrogens is 302 g/mol. The third kappa shape index (κ3) is 3.15. The summed E-state index contributed by atoms with van der Waals surface area (Å²) < 4.78 is 0. The summed E-state index contributed by atoms with van der Waals surface area (Å²) in [7, 11) is 0. The van der Waals surface area contributed by atoms with Crippen molar-refractivity contribution < 1.29 is 4.79 Å². The normalized spacial score (nSPS) is 11.0. The van der Waals surface area contributed by atoms with Gasteiger partial charge < -0.3 is 22.1 Å². The number of nitrogen functional groups attached to an aromatic ring is 1. The molecule has 3 aromatic rings. The summed E-state index contributed by atoms with van der Waals surface area (Å²) in [6.45, 7) is 2.51. The van der Waals surface area contributed by atoms with Crippen molar-refractivity contribution in [3.8, 4) is 0 Å². The smallest absolute Gasteiger partial charge is 0.253 e. The van der Waals surface area contributed by atoms with Gasteiger partial charge in [-0.2, -0.15) is 0 Å². The molecule has 1 heterocycles. The van der Waals surface area contributed by atoms with Crippen LogP contribution in [0, 0.1) is 0 Å². The Morgan fingerprint density at radius 2 is 1.79 bits per heavy atom. The first-order chi connectivity index (χ1) is 11.7. The summed E-state index contributed by atoms with van der Waals surface area (Å²) in [5, 5.41) is 7.72. The number of rotatable bonds is 6. The third-order valence-electron chi connectivity index (χ3n) is 3.91. The lowest BCUT2D eigenvalue weighted by atomic mass is 10.0. The van der Waals surface area contributed by atoms with E-state index in [-0.39, 0.29) is 5.91 Å². The van der Waals surface area contributed by atoms with Gasteiger partial charge in [-0.1, -0.05) is 30.3 Å². The lowest BCUT2D eigenvalue weighted by Crippen LogP contribution is -2.33. The first-order valence-corrected chi connectivity index (χ1v) is 7.98. The van der Waals surface area contributed by atoms with Crippen LogP contribution in [-0.4, -0.2) is 37.1 Å². The zero-order valence-corrected chi connectivity index (χ0v) is 13.4. The Morgan fingerprint density at radius 1 is 1.00 bits per heavy atom. The molecule has 0 aliphatic rings. The van der Waals surface area contributed by atoms with Crippen LogP contribution in [0.2, 0.25) is 0 Å². The largest absolute Gasteiger partial charge is 0.398 e. The van der Waals surface area contributed by atoms with Gasteiger partial charge in [0.05, 0.1) is 22.3 Å². The van der Waals surface area contributed by atoms with Crippen LogP contribution in [0.25, 0.3) is 21.8 Å². The Bertz CT molecular complexity index is 878. The molecule has 0 aliphatic heterocycles. The number of pyridine rings is 1. The quantitative estimate of drug-likeness (QED) is 0.403. The number of hydrogen-bond donors (Lipinski definition) is 4. The number of nitrogens with one attached hydrogen (secondary N) is 2. The van der Waals surface area contributed by atoms with Crippen LogP contribution < -0.4 is 22.1 Å². The van der Waals surface area contributed by atoms with E-state index in [4.69, 9.17) is 11.5 Å². The van der Waals surface area contributed by atoms with Gasteiger partial charge in [-0.3, -0.25) is 4.79 Å². The average molecular weight is 323 g/mol. The van der Waals surface area contributed by atoms with Crippen LogP contribution in [0.3, 0.4) is 0 Å². The SMILES string of the molecule is NCCNCCNC(=O)c1cccc2c(N)c3ccccc3nc12. The molecule has 0 fully saturated rings. The Morgan fingerprint density at radius 3 is 2.62 bits per heavy atom. The van der Waals surface area contributed by atoms with Crippen LogP contribution in [-0.2, 0) is 0 Å². The maximum absolute atomic E-state index is 12.5. The van der Waals surface area contributed by atoms with Gasteiger partial charge in [-0.15, -0.1) is 0 Å². The Hall–Kier alpha value is -2.70. The second-order valence-corrected chi connectivity index (χ2v) is 5.54. The number of aromatic nitrogens is 1. The van der Waals surface area contributed by atoms with E-state index < -0.39 is 0 Å². The molecule has 0 bridgehead atoms. The molecule has 0 spiro atoms. The van der Waals surface area contributed by atoms with Crippen LogP contribution in [0.4, 0.5) is 5.69 Å². The molecule has 0 saturated heterocycles. The van der Waals surface area contributed by atoms with Gasteiger partial charge in [0.15, 0.2) is 0 Å². The molecule has 3 rings (SSSR count). The number of hydrogen-bond acceptors (Lipinski definition) is 5. The fourth-order valence-corrected chi connectivity index (χ4v) is 2.72. The number of anilines is 1. The molecule has 0 atom stereocenters. The number of carbonyl (C=O) groups excluding carboxylic acids is 1. The molecule has 24 heavy (non-hydrogen) atoms. The van der Waals surface area contributed by atoms with Gasteiger partial charge in [-0.05, 0) is 12.1 Å². The molecule has 6 N–H and O–H groups in total. The van der Waals surface area contributed by atoms with Crippen LogP contribution in [0.5, 0.6) is 0 Å². The van der Waals surface area contributed by atoms with Crippen molar-refractivity contribution >= 4 is 33.4 Å². The molecular formula is C18H21N5O. The predicted molar refractivity (Wildman–Crippen MR) is 97.9 cm³/mol. The summed E-state index contributed by atoms with van der Waals surface area (Å²) in [5.41, 5.74) is 14.3. The van der Waals surface area contributed by atoms with Crippen molar-refractivity contribution in [2.45, 2.75) is 0 Å². The van der Waals surface area contributed by atoms with Gasteiger partial charge in [0, 0.05) is 37.0 Å². The van der Waals surface area contributed by atoms with Gasteiger partial charge in [0.25, 0.3) is 5.91 Å². The van der Waals surface area contributed by atoms with E-state index in [0.717, 1.165) is 22.8 Å². The van der Waals surface area contributed by atoms with Crippen molar-refractivity contribution in [3.63, 3.8) is 0 Å². The summed E-state index contributed by atoms with van der Waals surface area (Å²) in [6, 6.07) is 13.2. The number of carbonyl (C=O) groups is 1. The average Bonchev–Trinajstić information content (AvgIpc) is 2.61. The highest BCUT2D eigenvalue weighted by atomic mass is 16.1. The van der Waals surface area contributed by atoms with Gasteiger partial charge in [0.2, 0.25) is 0 Å². The molecule has 6 nitrogen and oxygen atoms in total. The fraction of sp³-hybridized carbons (Fsp3) is 0.222. The minimum Gasteiger partial charge on any atom is -0.398 e. The number of benzene rings is 2. The maximum Gasteiger partial charge on any atom is 0.253 e. The molecule has 124 valence electrons. The summed E-state index contributed by atoms with van der Waals surface area (Å²) >= 11 is 0. The zero-order chi connectivity index (χ0) is 16.9. The summed E-state index contributed by atoms with van der Waals surface area (Å²) in [4.78, 5) is 17.1. The topological polar surface area (TPSA) is 106 Å². The number of amides is 1. The molecule has 0 aliphatic carbocycles. The summed E-state index contributed by atoms with van der Waals surface area (Å²) in [5.74, 6) is -0.155. The molecule has 6 heteroatoms. The Kier molecular flexibility index (Phi) is 4.88. The Balaban J connectivity index is 1.92. The fourth-order valence-electron chi connectivity index (χ4n) is 2.72. The van der Waals surface area contributed by atoms with Crippen molar-refractivity contribution in [2.24, 2.45) is 5.73 Å². The molecule has 2 aromatic carbocycles. The zero-order valence-electron chi connectivity index (χ0n) is 13.4. The van der Waals surface area contributed by atoms with Crippen molar-refractivity contribution in [1.29, 1.82) is 0 Å². The second-order valence-electron chi connectivity index (χ2n) is 5.54. The highest BCUT2D eigenvalue weighted by molar-refractivity contribution is 6.13. The highest BCUT2D eigenvalue weighted by Crippen LogP contribution is 2.29. The van der Waals surface area contributed by atoms with Gasteiger partial charge >= 0.3 is 0 Å². The molecule has 1 amide bonds. The second kappa shape index (κ2) is 7.25. The number of para-hydroxylation sites is 2. The van der Waals surface area contributed by atoms with Crippen molar-refractivity contribution in [1.82, 2.24) is 15.6 Å². The molecule has 1 aromatic heterocycles. The first-order valence-electron chi connectivity index (χ1n) is 7.98. The van der Waals surface area contributed by atoms with Gasteiger partial charge in [-0.25, -0.2) is 4.98 Å². The van der Waals surface area contributed by atoms with Crippen LogP contribution in [0.1, 0.15) is 10.4 Å². The molecule has 0 unspecified atom stereocenters. The predicted octanol–water partition coefficient (Wildman–Crippen LogP) is 1.25. The maximum atomic E-state index is 12.5. The first kappa shape index (κ1) is 16.2. The number of nitrogens with zero attached hydrogens (tertiary/aromatic N) is 1. The van der Waals surface area contributed by atoms with Crippen LogP contribution in [0.15, 0.2) is 42.5 Å². The van der Waals surface area contributed by atoms with E-state index in [9.17, 15) is 4.79 Å². The monoisotopic (exact) mass is 323 g/mol. The lowest BCUT2D eigenvalue weighted by molar-refractivity contribution is 0.0955. The van der Waals surface area contributed by atoms with E-state index >= 15 is 0 Å². The minimum absolute atomic E-state index is 0.155. The summed E-state index contributed by atoms with van der Waals surface area (Å²) in [6.07, 6.45) is 0. The van der Waals surface area contributed by atoms with E-state index in [1.54, 1.807) is 6.07 Å². The van der Waals surface area contributed by atoms with Crippen molar-refractivity contribution in [3.05, 3.63) is 48.0 Å². The molecule has 0 radical (unpaired) electrons. The standard InChI is InChI=1S/C18H21N5O/c19-8-9-21-10-11-22-18(24)14-6-3-5-13-16(20)12-4-1-2-7-15(12)23-17(13)14/h1-7,21H,8-11,19H2,(H2,20,23)(H,22,24). The highest BCUT2D eigenvalue weighted by Gasteiger charge is 2.14. The van der Waals surface area contributed by atoms with Gasteiger partial charge in [0.1, 0.15) is 0 Å². The molecule has 0 saturated carbocycles. The van der Waals surface area contributed by atoms with E-state index in [2.05, 4.69) is 15.6 Å². The number of nitrogens with two attached hydrogens (primary N) is 2. The lowest BCUT2D eigenvalue weighted by Gasteiger charge is -2.11. The minimum atomic E-state index is -0.155. The van der Waals surface area contributed by atoms with E-state index in [0.29, 0.717) is 36.4 Å². The van der Waals surface area contributed by atoms with E-state index in [1.165, 1.54) is 0 Å². The Labute approximate surface area is 140 Å². The van der Waals surface area contributed by atoms with E-state index in [1.807, 2.05) is 36.4 Å². The third-order valence-corrected chi connectivity index (χ3v) is 3.91.